The molecule has 202 valence electrons. The third kappa shape index (κ3) is 5.39. The smallest absolute Gasteiger partial charge is 0.328 e. The number of carbonyl (C=O) groups excluding carboxylic acids is 1. The highest BCUT2D eigenvalue weighted by Gasteiger charge is 2.50. The third-order valence-electron chi connectivity index (χ3n) is 9.77. The van der Waals surface area contributed by atoms with Crippen LogP contribution in [0.4, 0.5) is 5.69 Å². The number of rotatable bonds is 8. The number of fused-ring (bicyclic) bond motifs is 3. The fourth-order valence-electron chi connectivity index (χ4n) is 7.27. The molecule has 0 unspecified atom stereocenters. The predicted octanol–water partition coefficient (Wildman–Crippen LogP) is 7.39. The zero-order chi connectivity index (χ0) is 26.8. The van der Waals surface area contributed by atoms with Gasteiger partial charge in [0.05, 0.1) is 7.11 Å². The Kier molecular flexibility index (Phi) is 7.65. The van der Waals surface area contributed by atoms with Gasteiger partial charge in [0, 0.05) is 24.2 Å². The van der Waals surface area contributed by atoms with E-state index in [1.54, 1.807) is 7.11 Å². The average Bonchev–Trinajstić information content (AvgIpc) is 2.97. The van der Waals surface area contributed by atoms with Crippen molar-refractivity contribution in [2.75, 3.05) is 18.6 Å². The van der Waals surface area contributed by atoms with E-state index in [4.69, 9.17) is 4.74 Å². The Morgan fingerprint density at radius 2 is 1.63 bits per heavy atom. The second kappa shape index (κ2) is 11.0. The molecule has 2 aromatic carbocycles. The molecule has 1 amide bonds. The van der Waals surface area contributed by atoms with Gasteiger partial charge in [0.2, 0.25) is 5.91 Å². The van der Waals surface area contributed by atoms with Crippen LogP contribution in [0.1, 0.15) is 88.7 Å². The maximum Gasteiger partial charge on any atom is 0.328 e. The number of benzene rings is 2. The lowest BCUT2D eigenvalue weighted by Gasteiger charge is -2.55. The maximum absolute atomic E-state index is 14.1. The van der Waals surface area contributed by atoms with Gasteiger partial charge in [0.15, 0.2) is 0 Å². The number of hydrogen-bond acceptors (Lipinski definition) is 3. The maximum atomic E-state index is 14.1. The molecular formula is C33H41NO4. The Hall–Kier alpha value is -3.08. The summed E-state index contributed by atoms with van der Waals surface area (Å²) < 4.78 is 5.38. The van der Waals surface area contributed by atoms with Crippen molar-refractivity contribution >= 4 is 23.1 Å². The molecule has 0 heterocycles. The van der Waals surface area contributed by atoms with Gasteiger partial charge in [-0.3, -0.25) is 4.79 Å². The normalized spacial score (nSPS) is 25.7. The first kappa shape index (κ1) is 26.5. The number of aliphatic carboxylic acids is 1. The second-order valence-corrected chi connectivity index (χ2v) is 12.0. The van der Waals surface area contributed by atoms with Crippen LogP contribution in [0.5, 0.6) is 5.75 Å². The molecule has 0 radical (unpaired) electrons. The minimum Gasteiger partial charge on any atom is -0.497 e. The van der Waals surface area contributed by atoms with Gasteiger partial charge in [-0.1, -0.05) is 43.5 Å². The number of anilines is 1. The van der Waals surface area contributed by atoms with Crippen LogP contribution >= 0.6 is 0 Å². The molecule has 5 nitrogen and oxygen atoms in total. The first-order chi connectivity index (χ1) is 18.3. The number of methoxy groups -OCH3 is 1. The van der Waals surface area contributed by atoms with E-state index in [2.05, 4.69) is 29.2 Å². The fraction of sp³-hybridized carbons (Fsp3) is 0.515. The van der Waals surface area contributed by atoms with Crippen molar-refractivity contribution in [2.24, 2.45) is 11.3 Å². The highest BCUT2D eigenvalue weighted by Crippen LogP contribution is 2.58. The summed E-state index contributed by atoms with van der Waals surface area (Å²) in [6.07, 6.45) is 13.5. The number of allylic oxidation sites excluding steroid dienone is 1. The van der Waals surface area contributed by atoms with Gasteiger partial charge in [-0.15, -0.1) is 0 Å². The van der Waals surface area contributed by atoms with Gasteiger partial charge in [-0.2, -0.15) is 0 Å². The van der Waals surface area contributed by atoms with Gasteiger partial charge in [-0.05, 0) is 110 Å². The van der Waals surface area contributed by atoms with Crippen molar-refractivity contribution in [1.82, 2.24) is 0 Å². The predicted molar refractivity (Wildman–Crippen MR) is 151 cm³/mol. The van der Waals surface area contributed by atoms with Crippen molar-refractivity contribution in [1.29, 1.82) is 0 Å². The summed E-state index contributed by atoms with van der Waals surface area (Å²) in [6, 6.07) is 16.6. The Morgan fingerprint density at radius 3 is 2.24 bits per heavy atom. The van der Waals surface area contributed by atoms with E-state index >= 15 is 0 Å². The quantitative estimate of drug-likeness (QED) is 0.372. The first-order valence-electron chi connectivity index (χ1n) is 14.3. The van der Waals surface area contributed by atoms with Gasteiger partial charge in [-0.25, -0.2) is 4.79 Å². The molecule has 4 aliphatic carbocycles. The standard InChI is InChI=1S/C33H41NO4/c1-24(21-30(35)36)26-9-6-10-28(22-26)34(31(37)25-7-4-3-5-8-25)23-32-15-18-33(19-16-32,20-17-32)27-11-13-29(38-2)14-12-27/h6,9-14,21-22,25H,3-5,7-8,15-20,23H2,1-2H3,(H,35,36)/b24-21+. The van der Waals surface area contributed by atoms with Crippen molar-refractivity contribution in [2.45, 2.75) is 83.0 Å². The van der Waals surface area contributed by atoms with Crippen LogP contribution in [0.2, 0.25) is 0 Å². The zero-order valence-electron chi connectivity index (χ0n) is 22.9. The van der Waals surface area contributed by atoms with E-state index in [0.29, 0.717) is 5.57 Å². The van der Waals surface area contributed by atoms with Crippen LogP contribution in [0.15, 0.2) is 54.6 Å². The molecule has 4 fully saturated rings. The van der Waals surface area contributed by atoms with Gasteiger partial charge in [0.25, 0.3) is 0 Å². The van der Waals surface area contributed by atoms with Crippen LogP contribution in [0.3, 0.4) is 0 Å². The SMILES string of the molecule is COc1ccc(C23CCC(CN(C(=O)C4CCCCC4)c4cccc(/C(C)=C/C(=O)O)c4)(CC2)CC3)cc1. The Labute approximate surface area is 226 Å². The molecule has 0 saturated heterocycles. The van der Waals surface area contributed by atoms with Crippen LogP contribution in [-0.4, -0.2) is 30.6 Å². The van der Waals surface area contributed by atoms with Crippen molar-refractivity contribution in [3.8, 4) is 5.75 Å². The fourth-order valence-corrected chi connectivity index (χ4v) is 7.27. The number of hydrogen-bond donors (Lipinski definition) is 1. The Balaban J connectivity index is 1.40. The summed E-state index contributed by atoms with van der Waals surface area (Å²) in [5.41, 5.74) is 4.26. The van der Waals surface area contributed by atoms with Crippen LogP contribution in [0, 0.1) is 11.3 Å². The molecule has 0 atom stereocenters. The molecule has 38 heavy (non-hydrogen) atoms. The monoisotopic (exact) mass is 515 g/mol. The summed E-state index contributed by atoms with van der Waals surface area (Å²) >= 11 is 0. The molecule has 0 aliphatic heterocycles. The summed E-state index contributed by atoms with van der Waals surface area (Å²) in [5, 5.41) is 9.25. The third-order valence-corrected chi connectivity index (χ3v) is 9.77. The topological polar surface area (TPSA) is 66.8 Å². The van der Waals surface area contributed by atoms with Crippen LogP contribution in [0.25, 0.3) is 5.57 Å². The van der Waals surface area contributed by atoms with Crippen molar-refractivity contribution in [3.05, 3.63) is 65.7 Å². The summed E-state index contributed by atoms with van der Waals surface area (Å²) in [5.74, 6) is 0.295. The molecule has 2 bridgehead atoms. The summed E-state index contributed by atoms with van der Waals surface area (Å²) in [4.78, 5) is 27.4. The zero-order valence-corrected chi connectivity index (χ0v) is 22.9. The number of amides is 1. The number of carboxylic acids is 1. The van der Waals surface area contributed by atoms with E-state index in [1.165, 1.54) is 18.1 Å². The first-order valence-corrected chi connectivity index (χ1v) is 14.3. The minimum atomic E-state index is -0.952. The molecule has 0 aromatic heterocycles. The minimum absolute atomic E-state index is 0.0880. The average molecular weight is 516 g/mol. The lowest BCUT2D eigenvalue weighted by molar-refractivity contribution is -0.131. The molecule has 4 aliphatic rings. The largest absolute Gasteiger partial charge is 0.497 e. The number of nitrogens with zero attached hydrogens (tertiary/aromatic N) is 1. The van der Waals surface area contributed by atoms with Gasteiger partial charge in [0.1, 0.15) is 5.75 Å². The number of carbonyl (C=O) groups is 2. The number of ether oxygens (including phenoxy) is 1. The molecule has 0 spiro atoms. The highest BCUT2D eigenvalue weighted by atomic mass is 16.5. The molecule has 5 heteroatoms. The summed E-state index contributed by atoms with van der Waals surface area (Å²) in [7, 11) is 1.71. The van der Waals surface area contributed by atoms with E-state index in [0.717, 1.165) is 87.8 Å². The molecule has 6 rings (SSSR count). The van der Waals surface area contributed by atoms with Crippen LogP contribution in [-0.2, 0) is 15.0 Å². The van der Waals surface area contributed by atoms with Crippen LogP contribution < -0.4 is 9.64 Å². The molecular weight excluding hydrogens is 474 g/mol. The Morgan fingerprint density at radius 1 is 0.974 bits per heavy atom. The van der Waals surface area contributed by atoms with E-state index in [9.17, 15) is 14.7 Å². The lowest BCUT2D eigenvalue weighted by atomic mass is 9.51. The highest BCUT2D eigenvalue weighted by molar-refractivity contribution is 5.96. The second-order valence-electron chi connectivity index (χ2n) is 12.0. The lowest BCUT2D eigenvalue weighted by Crippen LogP contribution is -2.51. The molecule has 1 N–H and O–H groups in total. The van der Waals surface area contributed by atoms with E-state index in [-0.39, 0.29) is 22.7 Å². The molecule has 4 saturated carbocycles. The number of carboxylic acid groups (broad SMARTS) is 1. The molecule has 2 aromatic rings. The summed E-state index contributed by atoms with van der Waals surface area (Å²) in [6.45, 7) is 2.58. The van der Waals surface area contributed by atoms with E-state index in [1.807, 2.05) is 31.2 Å². The van der Waals surface area contributed by atoms with Gasteiger partial charge >= 0.3 is 5.97 Å². The Bertz CT molecular complexity index is 1170. The van der Waals surface area contributed by atoms with E-state index < -0.39 is 5.97 Å². The van der Waals surface area contributed by atoms with Crippen molar-refractivity contribution < 1.29 is 19.4 Å². The van der Waals surface area contributed by atoms with Gasteiger partial charge < -0.3 is 14.7 Å². The van der Waals surface area contributed by atoms with Crippen molar-refractivity contribution in [3.63, 3.8) is 0 Å².